The van der Waals surface area contributed by atoms with Gasteiger partial charge < -0.3 is 5.73 Å². The molecule has 1 aromatic heterocycles. The molecule has 0 saturated heterocycles. The molecule has 11 heavy (non-hydrogen) atoms. The van der Waals surface area contributed by atoms with Gasteiger partial charge in [-0.15, -0.1) is 0 Å². The van der Waals surface area contributed by atoms with Crippen molar-refractivity contribution in [3.05, 3.63) is 11.5 Å². The summed E-state index contributed by atoms with van der Waals surface area (Å²) in [7, 11) is 0. The van der Waals surface area contributed by atoms with Crippen LogP contribution in [0.15, 0.2) is 0 Å². The molecule has 0 saturated carbocycles. The predicted octanol–water partition coefficient (Wildman–Crippen LogP) is 1.15. The van der Waals surface area contributed by atoms with Gasteiger partial charge in [-0.25, -0.2) is 4.39 Å². The van der Waals surface area contributed by atoms with E-state index in [2.05, 4.69) is 5.10 Å². The summed E-state index contributed by atoms with van der Waals surface area (Å²) in [4.78, 5) is 0. The van der Waals surface area contributed by atoms with E-state index in [1.54, 1.807) is 5.10 Å². The zero-order chi connectivity index (χ0) is 8.65. The van der Waals surface area contributed by atoms with E-state index in [-0.39, 0.29) is 0 Å². The lowest BCUT2D eigenvalue weighted by atomic mass is 10.4. The van der Waals surface area contributed by atoms with Crippen LogP contribution >= 0.6 is 0 Å². The molecular weight excluding hydrogens is 166 g/mol. The summed E-state index contributed by atoms with van der Waals surface area (Å²) < 4.78 is 47.4. The largest absolute Gasteiger partial charge is 0.438 e. The average Bonchev–Trinajstić information content (AvgIpc) is 2.11. The number of nitrogens with zero attached hydrogens (tertiary/aromatic N) is 1. The van der Waals surface area contributed by atoms with E-state index in [0.29, 0.717) is 0 Å². The Labute approximate surface area is 58.2 Å². The van der Waals surface area contributed by atoms with Crippen LogP contribution in [-0.4, -0.2) is 10.2 Å². The second-order valence-corrected chi connectivity index (χ2v) is 1.80. The van der Waals surface area contributed by atoms with Gasteiger partial charge in [-0.05, 0) is 0 Å². The van der Waals surface area contributed by atoms with Gasteiger partial charge in [0.15, 0.2) is 11.6 Å². The molecule has 3 nitrogen and oxygen atoms in total. The number of nitrogens with two attached hydrogens (primary N) is 1. The fourth-order valence-electron chi connectivity index (χ4n) is 0.530. The molecule has 0 aliphatic rings. The second-order valence-electron chi connectivity index (χ2n) is 1.80. The Morgan fingerprint density at radius 2 is 1.91 bits per heavy atom. The van der Waals surface area contributed by atoms with Crippen LogP contribution in [0.2, 0.25) is 0 Å². The Bertz CT molecular complexity index is 263. The van der Waals surface area contributed by atoms with Crippen LogP contribution in [0.25, 0.3) is 0 Å². The van der Waals surface area contributed by atoms with E-state index in [1.807, 2.05) is 0 Å². The van der Waals surface area contributed by atoms with Gasteiger partial charge in [-0.3, -0.25) is 5.10 Å². The van der Waals surface area contributed by atoms with Crippen molar-refractivity contribution in [2.24, 2.45) is 0 Å². The van der Waals surface area contributed by atoms with Crippen molar-refractivity contribution < 1.29 is 17.6 Å². The molecule has 1 heterocycles. The lowest BCUT2D eigenvalue weighted by Crippen LogP contribution is -2.07. The first-order valence-corrected chi connectivity index (χ1v) is 2.49. The maximum atomic E-state index is 12.3. The van der Waals surface area contributed by atoms with Crippen LogP contribution < -0.4 is 5.73 Å². The summed E-state index contributed by atoms with van der Waals surface area (Å²) in [5.74, 6) is -2.27. The minimum atomic E-state index is -4.79. The Kier molecular flexibility index (Phi) is 1.50. The highest BCUT2D eigenvalue weighted by Gasteiger charge is 2.38. The van der Waals surface area contributed by atoms with Gasteiger partial charge in [0, 0.05) is 0 Å². The number of H-pyrrole nitrogens is 1. The first-order valence-electron chi connectivity index (χ1n) is 2.49. The second kappa shape index (κ2) is 2.11. The Hall–Kier alpha value is -1.27. The average molecular weight is 169 g/mol. The van der Waals surface area contributed by atoms with Crippen molar-refractivity contribution in [3.8, 4) is 0 Å². The summed E-state index contributed by atoms with van der Waals surface area (Å²) in [5, 5.41) is 4.31. The summed E-state index contributed by atoms with van der Waals surface area (Å²) in [6.45, 7) is 0. The molecule has 62 valence electrons. The first-order chi connectivity index (χ1) is 4.93. The Morgan fingerprint density at radius 3 is 2.09 bits per heavy atom. The molecule has 1 aromatic rings. The quantitative estimate of drug-likeness (QED) is 0.572. The van der Waals surface area contributed by atoms with Crippen molar-refractivity contribution in [2.75, 3.05) is 5.73 Å². The highest BCUT2D eigenvalue weighted by Crippen LogP contribution is 2.30. The predicted molar refractivity (Wildman–Crippen MR) is 28.0 cm³/mol. The number of nitrogens with one attached hydrogen (secondary N) is 1. The third-order valence-corrected chi connectivity index (χ3v) is 1.00. The molecule has 0 aliphatic heterocycles. The van der Waals surface area contributed by atoms with Crippen molar-refractivity contribution in [1.29, 1.82) is 0 Å². The monoisotopic (exact) mass is 169 g/mol. The van der Waals surface area contributed by atoms with Gasteiger partial charge in [0.2, 0.25) is 5.69 Å². The van der Waals surface area contributed by atoms with Crippen LogP contribution in [0.1, 0.15) is 5.69 Å². The number of rotatable bonds is 0. The third kappa shape index (κ3) is 1.26. The van der Waals surface area contributed by atoms with Crippen LogP contribution in [0.5, 0.6) is 0 Å². The molecule has 1 rings (SSSR count). The molecule has 3 N–H and O–H groups in total. The third-order valence-electron chi connectivity index (χ3n) is 1.00. The van der Waals surface area contributed by atoms with E-state index in [4.69, 9.17) is 5.73 Å². The van der Waals surface area contributed by atoms with Gasteiger partial charge in [-0.1, -0.05) is 0 Å². The van der Waals surface area contributed by atoms with Crippen LogP contribution in [0.4, 0.5) is 23.4 Å². The summed E-state index contributed by atoms with van der Waals surface area (Å²) in [5.41, 5.74) is 3.13. The number of aromatic amines is 1. The van der Waals surface area contributed by atoms with E-state index in [9.17, 15) is 17.6 Å². The Balaban J connectivity index is 3.15. The van der Waals surface area contributed by atoms with Crippen molar-refractivity contribution >= 4 is 5.82 Å². The van der Waals surface area contributed by atoms with Crippen molar-refractivity contribution in [3.63, 3.8) is 0 Å². The van der Waals surface area contributed by atoms with E-state index < -0.39 is 23.5 Å². The van der Waals surface area contributed by atoms with Crippen LogP contribution in [-0.2, 0) is 6.18 Å². The normalized spacial score (nSPS) is 12.0. The van der Waals surface area contributed by atoms with E-state index in [1.165, 1.54) is 0 Å². The Morgan fingerprint density at radius 1 is 1.36 bits per heavy atom. The molecule has 0 unspecified atom stereocenters. The SMILES string of the molecule is Nc1[nH]nc(C(F)(F)F)c1F. The molecule has 0 atom stereocenters. The smallest absolute Gasteiger partial charge is 0.382 e. The first kappa shape index (κ1) is 7.83. The van der Waals surface area contributed by atoms with Crippen LogP contribution in [0.3, 0.4) is 0 Å². The highest BCUT2D eigenvalue weighted by atomic mass is 19.4. The van der Waals surface area contributed by atoms with Gasteiger partial charge >= 0.3 is 6.18 Å². The maximum absolute atomic E-state index is 12.3. The van der Waals surface area contributed by atoms with E-state index >= 15 is 0 Å². The zero-order valence-electron chi connectivity index (χ0n) is 5.04. The zero-order valence-corrected chi connectivity index (χ0v) is 5.04. The number of hydrogen-bond acceptors (Lipinski definition) is 2. The number of hydrogen-bond donors (Lipinski definition) is 2. The van der Waals surface area contributed by atoms with Gasteiger partial charge in [-0.2, -0.15) is 18.3 Å². The molecule has 0 amide bonds. The number of halogens is 4. The molecule has 0 aromatic carbocycles. The minimum Gasteiger partial charge on any atom is -0.382 e. The van der Waals surface area contributed by atoms with Crippen LogP contribution in [0, 0.1) is 5.82 Å². The van der Waals surface area contributed by atoms with E-state index in [0.717, 1.165) is 0 Å². The number of aromatic nitrogens is 2. The molecular formula is C4H3F4N3. The minimum absolute atomic E-state index is 0.711. The maximum Gasteiger partial charge on any atom is 0.438 e. The topological polar surface area (TPSA) is 54.7 Å². The molecule has 0 radical (unpaired) electrons. The van der Waals surface area contributed by atoms with Gasteiger partial charge in [0.05, 0.1) is 0 Å². The molecule has 0 aliphatic carbocycles. The number of nitrogen functional groups attached to an aromatic ring is 1. The lowest BCUT2D eigenvalue weighted by molar-refractivity contribution is -0.143. The molecule has 0 fully saturated rings. The molecule has 0 spiro atoms. The van der Waals surface area contributed by atoms with Gasteiger partial charge in [0.25, 0.3) is 0 Å². The molecule has 0 bridgehead atoms. The van der Waals surface area contributed by atoms with Crippen molar-refractivity contribution in [2.45, 2.75) is 6.18 Å². The lowest BCUT2D eigenvalue weighted by Gasteiger charge is -1.99. The summed E-state index contributed by atoms with van der Waals surface area (Å²) in [6.07, 6.45) is -4.79. The fraction of sp³-hybridized carbons (Fsp3) is 0.250. The number of alkyl halides is 3. The standard InChI is InChI=1S/C4H3F4N3/c5-1-2(4(6,7)8)10-11-3(1)9/h(H3,9,10,11). The van der Waals surface area contributed by atoms with Gasteiger partial charge in [0.1, 0.15) is 0 Å². The van der Waals surface area contributed by atoms with Crippen molar-refractivity contribution in [1.82, 2.24) is 10.2 Å². The molecule has 7 heteroatoms. The fourth-order valence-corrected chi connectivity index (χ4v) is 0.530. The number of anilines is 1. The summed E-state index contributed by atoms with van der Waals surface area (Å²) >= 11 is 0. The highest BCUT2D eigenvalue weighted by molar-refractivity contribution is 5.32. The summed E-state index contributed by atoms with van der Waals surface area (Å²) in [6, 6.07) is 0.